The second-order valence-electron chi connectivity index (χ2n) is 4.18. The van der Waals surface area contributed by atoms with Gasteiger partial charge in [0.25, 0.3) is 0 Å². The maximum atomic E-state index is 12.3. The zero-order chi connectivity index (χ0) is 14.0. The number of carbonyl (C=O) groups excluding carboxylic acids is 1. The van der Waals surface area contributed by atoms with Crippen molar-refractivity contribution in [3.63, 3.8) is 0 Å². The van der Waals surface area contributed by atoms with Gasteiger partial charge in [-0.15, -0.1) is 0 Å². The van der Waals surface area contributed by atoms with Gasteiger partial charge in [0.2, 0.25) is 0 Å². The summed E-state index contributed by atoms with van der Waals surface area (Å²) < 4.78 is 0. The molecule has 1 N–H and O–H groups in total. The molecule has 1 heterocycles. The molecule has 0 unspecified atom stereocenters. The van der Waals surface area contributed by atoms with Gasteiger partial charge in [0.15, 0.2) is 11.5 Å². The molecule has 1 aromatic carbocycles. The Hall–Kier alpha value is -2.56. The average molecular weight is 256 g/mol. The Bertz CT molecular complexity index is 648. The van der Waals surface area contributed by atoms with Gasteiger partial charge in [-0.3, -0.25) is 4.79 Å². The molecular weight excluding hydrogens is 244 g/mol. The lowest BCUT2D eigenvalue weighted by Gasteiger charge is -2.05. The summed E-state index contributed by atoms with van der Waals surface area (Å²) in [6.45, 7) is 3.48. The van der Waals surface area contributed by atoms with E-state index in [2.05, 4.69) is 9.97 Å². The third kappa shape index (κ3) is 2.65. The van der Waals surface area contributed by atoms with E-state index in [0.29, 0.717) is 11.4 Å². The molecule has 0 aliphatic carbocycles. The molecule has 2 aromatic rings. The molecule has 1 aromatic heterocycles. The largest absolute Gasteiger partial charge is 0.476 e. The van der Waals surface area contributed by atoms with E-state index < -0.39 is 11.8 Å². The number of carboxylic acid groups (broad SMARTS) is 1. The maximum Gasteiger partial charge on any atom is 0.355 e. The molecule has 2 rings (SSSR count). The van der Waals surface area contributed by atoms with Crippen molar-refractivity contribution in [1.82, 2.24) is 9.97 Å². The second-order valence-corrected chi connectivity index (χ2v) is 4.18. The fourth-order valence-electron chi connectivity index (χ4n) is 1.66. The third-order valence-electron chi connectivity index (χ3n) is 2.67. The molecule has 5 nitrogen and oxygen atoms in total. The Morgan fingerprint density at radius 1 is 1.11 bits per heavy atom. The summed E-state index contributed by atoms with van der Waals surface area (Å²) in [5.41, 5.74) is 1.18. The fraction of sp³-hybridized carbons (Fsp3) is 0.143. The van der Waals surface area contributed by atoms with Crippen LogP contribution in [0.1, 0.15) is 37.8 Å². The standard InChI is InChI=1S/C14H12N2O3/c1-8-3-5-10(6-4-8)13(17)11-7-15-9(2)16-12(11)14(18)19/h3-7H,1-2H3,(H,18,19). The molecular formula is C14H12N2O3. The van der Waals surface area contributed by atoms with Gasteiger partial charge in [0.1, 0.15) is 5.82 Å². The summed E-state index contributed by atoms with van der Waals surface area (Å²) >= 11 is 0. The fourth-order valence-corrected chi connectivity index (χ4v) is 1.66. The van der Waals surface area contributed by atoms with E-state index in [-0.39, 0.29) is 11.3 Å². The minimum absolute atomic E-state index is 0.00181. The van der Waals surface area contributed by atoms with Gasteiger partial charge >= 0.3 is 5.97 Å². The number of hydrogen-bond donors (Lipinski definition) is 1. The Balaban J connectivity index is 2.49. The van der Waals surface area contributed by atoms with Crippen molar-refractivity contribution in [3.05, 3.63) is 58.7 Å². The summed E-state index contributed by atoms with van der Waals surface area (Å²) in [6.07, 6.45) is 1.26. The Morgan fingerprint density at radius 3 is 2.32 bits per heavy atom. The number of carboxylic acids is 1. The number of nitrogens with zero attached hydrogens (tertiary/aromatic N) is 2. The minimum atomic E-state index is -1.24. The molecule has 0 saturated heterocycles. The van der Waals surface area contributed by atoms with Crippen molar-refractivity contribution in [2.75, 3.05) is 0 Å². The third-order valence-corrected chi connectivity index (χ3v) is 2.67. The summed E-state index contributed by atoms with van der Waals surface area (Å²) in [5, 5.41) is 9.09. The average Bonchev–Trinajstić information content (AvgIpc) is 2.38. The first-order valence-electron chi connectivity index (χ1n) is 5.67. The Morgan fingerprint density at radius 2 is 1.74 bits per heavy atom. The molecule has 0 bridgehead atoms. The number of aromatic carboxylic acids is 1. The highest BCUT2D eigenvalue weighted by Gasteiger charge is 2.20. The van der Waals surface area contributed by atoms with Crippen LogP contribution in [-0.4, -0.2) is 26.8 Å². The highest BCUT2D eigenvalue weighted by molar-refractivity contribution is 6.13. The molecule has 0 fully saturated rings. The van der Waals surface area contributed by atoms with Gasteiger partial charge < -0.3 is 5.11 Å². The van der Waals surface area contributed by atoms with Gasteiger partial charge in [-0.25, -0.2) is 14.8 Å². The first-order valence-corrected chi connectivity index (χ1v) is 5.67. The van der Waals surface area contributed by atoms with Crippen molar-refractivity contribution in [1.29, 1.82) is 0 Å². The molecule has 0 spiro atoms. The predicted octanol–water partition coefficient (Wildman–Crippen LogP) is 2.02. The molecule has 0 aliphatic rings. The van der Waals surface area contributed by atoms with E-state index in [9.17, 15) is 9.59 Å². The van der Waals surface area contributed by atoms with Crippen molar-refractivity contribution < 1.29 is 14.7 Å². The molecule has 0 amide bonds. The second kappa shape index (κ2) is 4.97. The molecule has 0 aliphatic heterocycles. The molecule has 0 saturated carbocycles. The van der Waals surface area contributed by atoms with Crippen LogP contribution in [0.25, 0.3) is 0 Å². The van der Waals surface area contributed by atoms with Gasteiger partial charge in [0, 0.05) is 11.8 Å². The lowest BCUT2D eigenvalue weighted by Crippen LogP contribution is -2.13. The Labute approximate surface area is 110 Å². The van der Waals surface area contributed by atoms with Crippen LogP contribution in [0.4, 0.5) is 0 Å². The molecule has 96 valence electrons. The van der Waals surface area contributed by atoms with E-state index in [4.69, 9.17) is 5.11 Å². The number of aryl methyl sites for hydroxylation is 2. The quantitative estimate of drug-likeness (QED) is 0.850. The van der Waals surface area contributed by atoms with Crippen LogP contribution in [0.2, 0.25) is 0 Å². The maximum absolute atomic E-state index is 12.3. The number of ketones is 1. The van der Waals surface area contributed by atoms with Gasteiger partial charge in [0.05, 0.1) is 5.56 Å². The number of hydrogen-bond acceptors (Lipinski definition) is 4. The van der Waals surface area contributed by atoms with E-state index in [1.807, 2.05) is 6.92 Å². The zero-order valence-corrected chi connectivity index (χ0v) is 10.5. The summed E-state index contributed by atoms with van der Waals surface area (Å²) in [6, 6.07) is 6.90. The molecule has 5 heteroatoms. The van der Waals surface area contributed by atoms with Crippen LogP contribution in [0.5, 0.6) is 0 Å². The number of rotatable bonds is 3. The van der Waals surface area contributed by atoms with Crippen LogP contribution in [-0.2, 0) is 0 Å². The summed E-state index contributed by atoms with van der Waals surface area (Å²) in [7, 11) is 0. The SMILES string of the molecule is Cc1ccc(C(=O)c2cnc(C)nc2C(=O)O)cc1. The van der Waals surface area contributed by atoms with Crippen LogP contribution in [0.15, 0.2) is 30.5 Å². The molecule has 0 atom stereocenters. The van der Waals surface area contributed by atoms with E-state index in [1.165, 1.54) is 6.20 Å². The number of carbonyl (C=O) groups is 2. The monoisotopic (exact) mass is 256 g/mol. The van der Waals surface area contributed by atoms with Gasteiger partial charge in [-0.2, -0.15) is 0 Å². The van der Waals surface area contributed by atoms with Gasteiger partial charge in [-0.05, 0) is 13.8 Å². The van der Waals surface area contributed by atoms with Crippen LogP contribution < -0.4 is 0 Å². The van der Waals surface area contributed by atoms with Crippen molar-refractivity contribution in [3.8, 4) is 0 Å². The predicted molar refractivity (Wildman–Crippen MR) is 68.3 cm³/mol. The van der Waals surface area contributed by atoms with E-state index in [1.54, 1.807) is 31.2 Å². The summed E-state index contributed by atoms with van der Waals surface area (Å²) in [5.74, 6) is -1.31. The van der Waals surface area contributed by atoms with Crippen molar-refractivity contribution in [2.24, 2.45) is 0 Å². The minimum Gasteiger partial charge on any atom is -0.476 e. The zero-order valence-electron chi connectivity index (χ0n) is 10.5. The van der Waals surface area contributed by atoms with Crippen LogP contribution in [0, 0.1) is 13.8 Å². The van der Waals surface area contributed by atoms with E-state index >= 15 is 0 Å². The Kier molecular flexibility index (Phi) is 3.37. The van der Waals surface area contributed by atoms with Crippen molar-refractivity contribution in [2.45, 2.75) is 13.8 Å². The van der Waals surface area contributed by atoms with Crippen LogP contribution >= 0.6 is 0 Å². The van der Waals surface area contributed by atoms with Crippen LogP contribution in [0.3, 0.4) is 0 Å². The van der Waals surface area contributed by atoms with Gasteiger partial charge in [-0.1, -0.05) is 29.8 Å². The lowest BCUT2D eigenvalue weighted by atomic mass is 10.0. The van der Waals surface area contributed by atoms with Crippen molar-refractivity contribution >= 4 is 11.8 Å². The normalized spacial score (nSPS) is 10.2. The highest BCUT2D eigenvalue weighted by Crippen LogP contribution is 2.13. The van der Waals surface area contributed by atoms with E-state index in [0.717, 1.165) is 5.56 Å². The number of benzene rings is 1. The first kappa shape index (κ1) is 12.9. The first-order chi connectivity index (χ1) is 8.99. The topological polar surface area (TPSA) is 80.2 Å². The lowest BCUT2D eigenvalue weighted by molar-refractivity contribution is 0.0685. The molecule has 0 radical (unpaired) electrons. The molecule has 19 heavy (non-hydrogen) atoms. The summed E-state index contributed by atoms with van der Waals surface area (Å²) in [4.78, 5) is 31.1. The number of aromatic nitrogens is 2. The smallest absolute Gasteiger partial charge is 0.355 e. The highest BCUT2D eigenvalue weighted by atomic mass is 16.4.